The highest BCUT2D eigenvalue weighted by atomic mass is 16.1. The molecule has 4 heteroatoms. The summed E-state index contributed by atoms with van der Waals surface area (Å²) >= 11 is 0. The summed E-state index contributed by atoms with van der Waals surface area (Å²) in [6.07, 6.45) is 2.05. The van der Waals surface area contributed by atoms with Crippen molar-refractivity contribution >= 4 is 11.6 Å². The van der Waals surface area contributed by atoms with Gasteiger partial charge in [0.1, 0.15) is 0 Å². The molecule has 0 aliphatic carbocycles. The van der Waals surface area contributed by atoms with Crippen molar-refractivity contribution in [1.29, 1.82) is 0 Å². The summed E-state index contributed by atoms with van der Waals surface area (Å²) in [7, 11) is 1.71. The van der Waals surface area contributed by atoms with Gasteiger partial charge in [-0.25, -0.2) is 0 Å². The molecule has 1 saturated heterocycles. The zero-order valence-electron chi connectivity index (χ0n) is 11.8. The number of piperidine rings is 1. The van der Waals surface area contributed by atoms with Crippen molar-refractivity contribution < 1.29 is 4.79 Å². The van der Waals surface area contributed by atoms with Crippen LogP contribution in [0, 0.1) is 12.8 Å². The minimum Gasteiger partial charge on any atom is -0.371 e. The molecule has 1 aliphatic rings. The van der Waals surface area contributed by atoms with E-state index >= 15 is 0 Å². The molecule has 4 nitrogen and oxygen atoms in total. The summed E-state index contributed by atoms with van der Waals surface area (Å²) in [5.41, 5.74) is 9.30. The third-order valence-electron chi connectivity index (χ3n) is 3.95. The van der Waals surface area contributed by atoms with E-state index in [0.29, 0.717) is 6.54 Å². The maximum atomic E-state index is 11.8. The molecule has 2 rings (SSSR count). The molecule has 3 N–H and O–H groups in total. The predicted octanol–water partition coefficient (Wildman–Crippen LogP) is 1.42. The van der Waals surface area contributed by atoms with Crippen LogP contribution in [0.1, 0.15) is 24.0 Å². The number of nitrogens with two attached hydrogens (primary N) is 1. The Labute approximate surface area is 115 Å². The quantitative estimate of drug-likeness (QED) is 0.865. The number of nitrogens with one attached hydrogen (secondary N) is 1. The molecule has 1 aromatic rings. The molecule has 0 bridgehead atoms. The summed E-state index contributed by atoms with van der Waals surface area (Å²) in [4.78, 5) is 14.1. The molecule has 0 radical (unpaired) electrons. The SMILES string of the molecule is CNC(=O)C1CCCN(c2ccc(CN)c(C)c2)C1. The van der Waals surface area contributed by atoms with Crippen molar-refractivity contribution in [2.75, 3.05) is 25.0 Å². The topological polar surface area (TPSA) is 58.4 Å². The number of aryl methyl sites for hydroxylation is 1. The lowest BCUT2D eigenvalue weighted by atomic mass is 9.96. The highest BCUT2D eigenvalue weighted by Gasteiger charge is 2.25. The van der Waals surface area contributed by atoms with E-state index in [9.17, 15) is 4.79 Å². The maximum Gasteiger partial charge on any atom is 0.224 e. The van der Waals surface area contributed by atoms with Crippen molar-refractivity contribution in [1.82, 2.24) is 5.32 Å². The van der Waals surface area contributed by atoms with Crippen LogP contribution in [0.4, 0.5) is 5.69 Å². The fraction of sp³-hybridized carbons (Fsp3) is 0.533. The monoisotopic (exact) mass is 261 g/mol. The van der Waals surface area contributed by atoms with Crippen molar-refractivity contribution in [3.05, 3.63) is 29.3 Å². The highest BCUT2D eigenvalue weighted by Crippen LogP contribution is 2.25. The van der Waals surface area contributed by atoms with Gasteiger partial charge in [0.25, 0.3) is 0 Å². The third kappa shape index (κ3) is 3.07. The number of carbonyl (C=O) groups is 1. The summed E-state index contributed by atoms with van der Waals surface area (Å²) in [6, 6.07) is 6.38. The Hall–Kier alpha value is -1.55. The van der Waals surface area contributed by atoms with Crippen LogP contribution in [0.25, 0.3) is 0 Å². The molecule has 1 atom stereocenters. The van der Waals surface area contributed by atoms with Gasteiger partial charge in [0.05, 0.1) is 5.92 Å². The summed E-state index contributed by atoms with van der Waals surface area (Å²) in [5, 5.41) is 2.75. The van der Waals surface area contributed by atoms with Gasteiger partial charge in [-0.2, -0.15) is 0 Å². The summed E-state index contributed by atoms with van der Waals surface area (Å²) in [5.74, 6) is 0.258. The van der Waals surface area contributed by atoms with Gasteiger partial charge in [0, 0.05) is 32.4 Å². The third-order valence-corrected chi connectivity index (χ3v) is 3.95. The van der Waals surface area contributed by atoms with Gasteiger partial charge >= 0.3 is 0 Å². The van der Waals surface area contributed by atoms with Gasteiger partial charge in [-0.15, -0.1) is 0 Å². The first kappa shape index (κ1) is 13.9. The second-order valence-corrected chi connectivity index (χ2v) is 5.21. The van der Waals surface area contributed by atoms with Crippen LogP contribution in [0.5, 0.6) is 0 Å². The summed E-state index contributed by atoms with van der Waals surface area (Å²) in [6.45, 7) is 4.49. The molecule has 1 fully saturated rings. The van der Waals surface area contributed by atoms with E-state index in [2.05, 4.69) is 35.3 Å². The first-order valence-electron chi connectivity index (χ1n) is 6.92. The standard InChI is InChI=1S/C15H23N3O/c1-11-8-14(6-5-12(11)9-16)18-7-3-4-13(10-18)15(19)17-2/h5-6,8,13H,3-4,7,9-10,16H2,1-2H3,(H,17,19). The van der Waals surface area contributed by atoms with Gasteiger partial charge in [-0.3, -0.25) is 4.79 Å². The Morgan fingerprint density at radius 1 is 1.53 bits per heavy atom. The molecule has 104 valence electrons. The lowest BCUT2D eigenvalue weighted by molar-refractivity contribution is -0.124. The minimum atomic E-state index is 0.105. The van der Waals surface area contributed by atoms with Crippen LogP contribution in [-0.4, -0.2) is 26.0 Å². The average molecular weight is 261 g/mol. The van der Waals surface area contributed by atoms with E-state index < -0.39 is 0 Å². The lowest BCUT2D eigenvalue weighted by Gasteiger charge is -2.33. The Morgan fingerprint density at radius 3 is 2.95 bits per heavy atom. The zero-order chi connectivity index (χ0) is 13.8. The Balaban J connectivity index is 2.13. The first-order chi connectivity index (χ1) is 9.15. The van der Waals surface area contributed by atoms with Crippen LogP contribution >= 0.6 is 0 Å². The number of benzene rings is 1. The summed E-state index contributed by atoms with van der Waals surface area (Å²) < 4.78 is 0. The predicted molar refractivity (Wildman–Crippen MR) is 78.1 cm³/mol. The molecule has 0 spiro atoms. The smallest absolute Gasteiger partial charge is 0.224 e. The molecule has 1 aliphatic heterocycles. The first-order valence-corrected chi connectivity index (χ1v) is 6.92. The van der Waals surface area contributed by atoms with E-state index in [0.717, 1.165) is 25.9 Å². The largest absolute Gasteiger partial charge is 0.371 e. The second kappa shape index (κ2) is 6.06. The second-order valence-electron chi connectivity index (χ2n) is 5.21. The van der Waals surface area contributed by atoms with E-state index in [-0.39, 0.29) is 11.8 Å². The zero-order valence-corrected chi connectivity index (χ0v) is 11.8. The van der Waals surface area contributed by atoms with Crippen molar-refractivity contribution in [3.63, 3.8) is 0 Å². The number of rotatable bonds is 3. The molecule has 0 aromatic heterocycles. The lowest BCUT2D eigenvalue weighted by Crippen LogP contribution is -2.42. The number of carbonyl (C=O) groups excluding carboxylic acids is 1. The highest BCUT2D eigenvalue weighted by molar-refractivity contribution is 5.79. The number of hydrogen-bond acceptors (Lipinski definition) is 3. The van der Waals surface area contributed by atoms with Gasteiger partial charge in [0.2, 0.25) is 5.91 Å². The van der Waals surface area contributed by atoms with Crippen LogP contribution < -0.4 is 16.0 Å². The van der Waals surface area contributed by atoms with E-state index in [1.54, 1.807) is 7.05 Å². The van der Waals surface area contributed by atoms with Crippen LogP contribution in [0.2, 0.25) is 0 Å². The van der Waals surface area contributed by atoms with Gasteiger partial charge in [-0.05, 0) is 43.0 Å². The van der Waals surface area contributed by atoms with E-state index in [1.165, 1.54) is 16.8 Å². The molecular weight excluding hydrogens is 238 g/mol. The molecule has 1 amide bonds. The molecule has 1 heterocycles. The Bertz CT molecular complexity index is 459. The Morgan fingerprint density at radius 2 is 2.32 bits per heavy atom. The van der Waals surface area contributed by atoms with Crippen LogP contribution in [0.3, 0.4) is 0 Å². The molecule has 1 unspecified atom stereocenters. The van der Waals surface area contributed by atoms with E-state index in [1.807, 2.05) is 0 Å². The Kier molecular flexibility index (Phi) is 4.43. The number of nitrogens with zero attached hydrogens (tertiary/aromatic N) is 1. The van der Waals surface area contributed by atoms with Crippen molar-refractivity contribution in [3.8, 4) is 0 Å². The van der Waals surface area contributed by atoms with Gasteiger partial charge in [0.15, 0.2) is 0 Å². The van der Waals surface area contributed by atoms with Crippen molar-refractivity contribution in [2.45, 2.75) is 26.3 Å². The van der Waals surface area contributed by atoms with Crippen LogP contribution in [0.15, 0.2) is 18.2 Å². The van der Waals surface area contributed by atoms with Gasteiger partial charge < -0.3 is 16.0 Å². The van der Waals surface area contributed by atoms with E-state index in [4.69, 9.17) is 5.73 Å². The number of hydrogen-bond donors (Lipinski definition) is 2. The number of anilines is 1. The minimum absolute atomic E-state index is 0.105. The normalized spacial score (nSPS) is 19.3. The van der Waals surface area contributed by atoms with Crippen LogP contribution in [-0.2, 0) is 11.3 Å². The number of amides is 1. The molecule has 19 heavy (non-hydrogen) atoms. The van der Waals surface area contributed by atoms with Gasteiger partial charge in [-0.1, -0.05) is 6.07 Å². The molecule has 0 saturated carbocycles. The molecule has 1 aromatic carbocycles. The molecular formula is C15H23N3O. The fourth-order valence-corrected chi connectivity index (χ4v) is 2.74. The fourth-order valence-electron chi connectivity index (χ4n) is 2.74. The average Bonchev–Trinajstić information content (AvgIpc) is 2.46. The van der Waals surface area contributed by atoms with Crippen molar-refractivity contribution in [2.24, 2.45) is 11.7 Å². The maximum absolute atomic E-state index is 11.8.